The van der Waals surface area contributed by atoms with Crippen molar-refractivity contribution in [3.8, 4) is 11.4 Å². The molecule has 7 heteroatoms. The van der Waals surface area contributed by atoms with E-state index in [-0.39, 0.29) is 0 Å². The van der Waals surface area contributed by atoms with Crippen LogP contribution < -0.4 is 0 Å². The largest absolute Gasteiger partial charge is 0.339 e. The molecule has 98 valence electrons. The molecule has 0 saturated heterocycles. The molecule has 0 aromatic carbocycles. The Hall–Kier alpha value is -1.47. The third-order valence-corrected chi connectivity index (χ3v) is 4.89. The second-order valence-electron chi connectivity index (χ2n) is 3.98. The van der Waals surface area contributed by atoms with E-state index in [2.05, 4.69) is 27.0 Å². The standard InChI is InChI=1S/C12H12N4OS2/c1-4-7-8(10-14-6(2)17-16-10)5-13-11-9(7)19-12(15-11)18-3/h5H,4H2,1-3H3. The molecule has 0 spiro atoms. The van der Waals surface area contributed by atoms with Crippen LogP contribution in [0.5, 0.6) is 0 Å². The molecule has 3 aromatic rings. The van der Waals surface area contributed by atoms with Crippen molar-refractivity contribution in [3.63, 3.8) is 0 Å². The van der Waals surface area contributed by atoms with Gasteiger partial charge in [-0.1, -0.05) is 23.8 Å². The maximum absolute atomic E-state index is 5.05. The van der Waals surface area contributed by atoms with E-state index in [0.717, 1.165) is 26.7 Å². The lowest BCUT2D eigenvalue weighted by Gasteiger charge is -2.03. The van der Waals surface area contributed by atoms with E-state index in [1.54, 1.807) is 36.2 Å². The van der Waals surface area contributed by atoms with Gasteiger partial charge in [0.1, 0.15) is 0 Å². The molecule has 0 unspecified atom stereocenters. The highest BCUT2D eigenvalue weighted by Crippen LogP contribution is 2.34. The van der Waals surface area contributed by atoms with Crippen molar-refractivity contribution in [2.45, 2.75) is 24.6 Å². The Morgan fingerprint density at radius 3 is 2.84 bits per heavy atom. The van der Waals surface area contributed by atoms with Crippen LogP contribution in [0.15, 0.2) is 15.1 Å². The summed E-state index contributed by atoms with van der Waals surface area (Å²) in [6, 6.07) is 0. The van der Waals surface area contributed by atoms with E-state index in [1.807, 2.05) is 6.26 Å². The van der Waals surface area contributed by atoms with Crippen LogP contribution in [0.25, 0.3) is 21.7 Å². The SMILES string of the molecule is CCc1c(-c2noc(C)n2)cnc2nc(SC)sc12. The van der Waals surface area contributed by atoms with Crippen LogP contribution in [0, 0.1) is 6.92 Å². The molecule has 0 fully saturated rings. The van der Waals surface area contributed by atoms with Gasteiger partial charge in [0.05, 0.1) is 4.70 Å². The number of fused-ring (bicyclic) bond motifs is 1. The van der Waals surface area contributed by atoms with Crippen LogP contribution in [-0.2, 0) is 6.42 Å². The molecule has 3 heterocycles. The monoisotopic (exact) mass is 292 g/mol. The van der Waals surface area contributed by atoms with Gasteiger partial charge in [0.2, 0.25) is 11.7 Å². The Kier molecular flexibility index (Phi) is 3.24. The number of nitrogens with zero attached hydrogens (tertiary/aromatic N) is 4. The zero-order valence-corrected chi connectivity index (χ0v) is 12.4. The lowest BCUT2D eigenvalue weighted by molar-refractivity contribution is 0.394. The van der Waals surface area contributed by atoms with Crippen molar-refractivity contribution in [2.24, 2.45) is 0 Å². The minimum Gasteiger partial charge on any atom is -0.339 e. The van der Waals surface area contributed by atoms with Gasteiger partial charge in [0.15, 0.2) is 9.99 Å². The summed E-state index contributed by atoms with van der Waals surface area (Å²) < 4.78 is 7.20. The summed E-state index contributed by atoms with van der Waals surface area (Å²) in [6.45, 7) is 3.90. The number of hydrogen-bond donors (Lipinski definition) is 0. The number of rotatable bonds is 3. The van der Waals surface area contributed by atoms with Crippen LogP contribution in [-0.4, -0.2) is 26.4 Å². The summed E-state index contributed by atoms with van der Waals surface area (Å²) in [5, 5.41) is 3.98. The smallest absolute Gasteiger partial charge is 0.223 e. The Morgan fingerprint density at radius 1 is 1.37 bits per heavy atom. The lowest BCUT2D eigenvalue weighted by Crippen LogP contribution is -1.92. The zero-order valence-electron chi connectivity index (χ0n) is 10.8. The van der Waals surface area contributed by atoms with Gasteiger partial charge in [-0.2, -0.15) is 4.98 Å². The van der Waals surface area contributed by atoms with Crippen LogP contribution in [0.3, 0.4) is 0 Å². The van der Waals surface area contributed by atoms with Crippen LogP contribution in [0.1, 0.15) is 18.4 Å². The summed E-state index contributed by atoms with van der Waals surface area (Å²) in [7, 11) is 0. The second kappa shape index (κ2) is 4.90. The van der Waals surface area contributed by atoms with Crippen molar-refractivity contribution < 1.29 is 4.52 Å². The van der Waals surface area contributed by atoms with Gasteiger partial charge in [0, 0.05) is 18.7 Å². The van der Waals surface area contributed by atoms with E-state index >= 15 is 0 Å². The molecule has 0 bridgehead atoms. The Labute approximate surface area is 118 Å². The molecule has 3 aromatic heterocycles. The number of aromatic nitrogens is 4. The second-order valence-corrected chi connectivity index (χ2v) is 6.03. The molecule has 0 aliphatic heterocycles. The van der Waals surface area contributed by atoms with Crippen molar-refractivity contribution in [2.75, 3.05) is 6.26 Å². The van der Waals surface area contributed by atoms with Crippen molar-refractivity contribution in [1.29, 1.82) is 0 Å². The van der Waals surface area contributed by atoms with Gasteiger partial charge in [-0.15, -0.1) is 11.3 Å². The quantitative estimate of drug-likeness (QED) is 0.690. The summed E-state index contributed by atoms with van der Waals surface area (Å²) in [5.41, 5.74) is 2.92. The van der Waals surface area contributed by atoms with Crippen molar-refractivity contribution in [1.82, 2.24) is 20.1 Å². The third-order valence-electron chi connectivity index (χ3n) is 2.80. The summed E-state index contributed by atoms with van der Waals surface area (Å²) >= 11 is 3.30. The molecule has 0 aliphatic rings. The van der Waals surface area contributed by atoms with Gasteiger partial charge in [-0.3, -0.25) is 0 Å². The first kappa shape index (κ1) is 12.6. The molecule has 0 radical (unpaired) electrons. The third kappa shape index (κ3) is 2.12. The predicted molar refractivity (Wildman–Crippen MR) is 76.6 cm³/mol. The minimum atomic E-state index is 0.561. The normalized spacial score (nSPS) is 11.3. The minimum absolute atomic E-state index is 0.561. The lowest BCUT2D eigenvalue weighted by atomic mass is 10.1. The molecule has 5 nitrogen and oxygen atoms in total. The van der Waals surface area contributed by atoms with Crippen molar-refractivity contribution >= 4 is 33.4 Å². The maximum atomic E-state index is 5.05. The van der Waals surface area contributed by atoms with E-state index in [4.69, 9.17) is 4.52 Å². The highest BCUT2D eigenvalue weighted by Gasteiger charge is 2.16. The molecule has 19 heavy (non-hydrogen) atoms. The fourth-order valence-corrected chi connectivity index (χ4v) is 3.58. The molecule has 0 N–H and O–H groups in total. The molecular formula is C12H12N4OS2. The first-order valence-electron chi connectivity index (χ1n) is 5.86. The molecule has 3 rings (SSSR count). The first-order valence-corrected chi connectivity index (χ1v) is 7.90. The Balaban J connectivity index is 2.25. The highest BCUT2D eigenvalue weighted by atomic mass is 32.2. The highest BCUT2D eigenvalue weighted by molar-refractivity contribution is 8.00. The number of pyridine rings is 1. The summed E-state index contributed by atoms with van der Waals surface area (Å²) in [6.07, 6.45) is 4.69. The average molecular weight is 292 g/mol. The average Bonchev–Trinajstić information content (AvgIpc) is 3.02. The maximum Gasteiger partial charge on any atom is 0.223 e. The first-order chi connectivity index (χ1) is 9.22. The predicted octanol–water partition coefficient (Wildman–Crippen LogP) is 3.33. The van der Waals surface area contributed by atoms with Crippen molar-refractivity contribution in [3.05, 3.63) is 17.7 Å². The van der Waals surface area contributed by atoms with Gasteiger partial charge in [-0.05, 0) is 18.2 Å². The topological polar surface area (TPSA) is 64.7 Å². The number of thiazole rings is 1. The van der Waals surface area contributed by atoms with Crippen LogP contribution in [0.2, 0.25) is 0 Å². The summed E-state index contributed by atoms with van der Waals surface area (Å²) in [5.74, 6) is 1.16. The van der Waals surface area contributed by atoms with Gasteiger partial charge in [0.25, 0.3) is 0 Å². The number of aryl methyl sites for hydroxylation is 2. The van der Waals surface area contributed by atoms with Gasteiger partial charge >= 0.3 is 0 Å². The van der Waals surface area contributed by atoms with E-state index < -0.39 is 0 Å². The van der Waals surface area contributed by atoms with Gasteiger partial charge in [-0.25, -0.2) is 9.97 Å². The van der Waals surface area contributed by atoms with Crippen LogP contribution in [0.4, 0.5) is 0 Å². The molecular weight excluding hydrogens is 280 g/mol. The van der Waals surface area contributed by atoms with Gasteiger partial charge < -0.3 is 4.52 Å². The van der Waals surface area contributed by atoms with E-state index in [0.29, 0.717) is 11.7 Å². The number of hydrogen-bond acceptors (Lipinski definition) is 7. The number of thioether (sulfide) groups is 1. The zero-order chi connectivity index (χ0) is 13.4. The van der Waals surface area contributed by atoms with Crippen LogP contribution >= 0.6 is 23.1 Å². The van der Waals surface area contributed by atoms with E-state index in [9.17, 15) is 0 Å². The molecule has 0 aliphatic carbocycles. The Morgan fingerprint density at radius 2 is 2.21 bits per heavy atom. The summed E-state index contributed by atoms with van der Waals surface area (Å²) in [4.78, 5) is 13.2. The van der Waals surface area contributed by atoms with E-state index in [1.165, 1.54) is 5.56 Å². The Bertz CT molecular complexity index is 734. The molecule has 0 amide bonds. The molecule has 0 saturated carbocycles. The molecule has 0 atom stereocenters. The fraction of sp³-hybridized carbons (Fsp3) is 0.333. The fourth-order valence-electron chi connectivity index (χ4n) is 1.94.